The smallest absolute Gasteiger partial charge is 0.162 e. The van der Waals surface area contributed by atoms with E-state index in [1.165, 1.54) is 12.8 Å². The van der Waals surface area contributed by atoms with E-state index in [4.69, 9.17) is 0 Å². The van der Waals surface area contributed by atoms with E-state index < -0.39 is 11.6 Å². The van der Waals surface area contributed by atoms with Crippen molar-refractivity contribution in [1.29, 1.82) is 0 Å². The summed E-state index contributed by atoms with van der Waals surface area (Å²) in [7, 11) is 0. The lowest BCUT2D eigenvalue weighted by molar-refractivity contribution is 0.302. The molecule has 0 aliphatic heterocycles. The number of rotatable bonds is 7. The van der Waals surface area contributed by atoms with Crippen LogP contribution < -0.4 is 0 Å². The van der Waals surface area contributed by atoms with Crippen molar-refractivity contribution in [3.8, 4) is 0 Å². The summed E-state index contributed by atoms with van der Waals surface area (Å²) in [6.45, 7) is 7.90. The summed E-state index contributed by atoms with van der Waals surface area (Å²) in [5.74, 6) is -0.307. The highest BCUT2D eigenvalue weighted by Crippen LogP contribution is 2.39. The Kier molecular flexibility index (Phi) is 7.04. The summed E-state index contributed by atoms with van der Waals surface area (Å²) in [6, 6.07) is 9.99. The van der Waals surface area contributed by atoms with Crippen molar-refractivity contribution in [3.63, 3.8) is 0 Å². The average molecular weight is 383 g/mol. The first-order chi connectivity index (χ1) is 13.5. The Morgan fingerprint density at radius 3 is 2.29 bits per heavy atom. The predicted molar refractivity (Wildman–Crippen MR) is 115 cm³/mol. The molecule has 0 saturated heterocycles. The van der Waals surface area contributed by atoms with E-state index in [1.54, 1.807) is 6.08 Å². The Morgan fingerprint density at radius 2 is 1.68 bits per heavy atom. The second-order valence-electron chi connectivity index (χ2n) is 8.34. The first kappa shape index (κ1) is 20.8. The normalized spacial score (nSPS) is 19.6. The van der Waals surface area contributed by atoms with Gasteiger partial charge in [-0.2, -0.15) is 0 Å². The molecule has 0 unspecified atom stereocenters. The van der Waals surface area contributed by atoms with Gasteiger partial charge in [0.15, 0.2) is 11.6 Å². The van der Waals surface area contributed by atoms with Gasteiger partial charge in [-0.25, -0.2) is 8.78 Å². The van der Waals surface area contributed by atoms with Gasteiger partial charge in [0.1, 0.15) is 0 Å². The highest BCUT2D eigenvalue weighted by atomic mass is 19.2. The minimum Gasteiger partial charge on any atom is -0.203 e. The summed E-state index contributed by atoms with van der Waals surface area (Å²) in [5, 5.41) is 0. The van der Waals surface area contributed by atoms with Crippen LogP contribution in [0.15, 0.2) is 36.9 Å². The molecule has 0 N–H and O–H groups in total. The van der Waals surface area contributed by atoms with Crippen LogP contribution >= 0.6 is 0 Å². The number of halogens is 2. The molecular weight excluding hydrogens is 350 g/mol. The fraction of sp³-hybridized carbons (Fsp3) is 0.462. The number of hydrogen-bond donors (Lipinski definition) is 0. The van der Waals surface area contributed by atoms with E-state index in [-0.39, 0.29) is 5.92 Å². The molecule has 0 atom stereocenters. The molecule has 0 spiro atoms. The fourth-order valence-electron chi connectivity index (χ4n) is 4.68. The molecule has 28 heavy (non-hydrogen) atoms. The number of hydrogen-bond acceptors (Lipinski definition) is 0. The van der Waals surface area contributed by atoms with Crippen LogP contribution in [0.5, 0.6) is 0 Å². The molecule has 1 fully saturated rings. The van der Waals surface area contributed by atoms with Crippen molar-refractivity contribution >= 4 is 6.08 Å². The van der Waals surface area contributed by atoms with Gasteiger partial charge in [0.05, 0.1) is 0 Å². The van der Waals surface area contributed by atoms with Gasteiger partial charge in [0.2, 0.25) is 0 Å². The molecule has 0 amide bonds. The minimum atomic E-state index is -0.631. The summed E-state index contributed by atoms with van der Waals surface area (Å²) >= 11 is 0. The molecule has 0 aromatic heterocycles. The lowest BCUT2D eigenvalue weighted by Gasteiger charge is -2.29. The Bertz CT molecular complexity index is 796. The summed E-state index contributed by atoms with van der Waals surface area (Å²) in [4.78, 5) is 0. The fourth-order valence-corrected chi connectivity index (χ4v) is 4.68. The van der Waals surface area contributed by atoms with E-state index in [1.807, 2.05) is 37.3 Å². The number of benzene rings is 2. The SMILES string of the molecule is C=Cc1ccc(CCc2c(C)cc(C3CCC(CCC)CC3)c(F)c2F)cc1. The maximum Gasteiger partial charge on any atom is 0.162 e. The molecule has 1 saturated carbocycles. The monoisotopic (exact) mass is 382 g/mol. The van der Waals surface area contributed by atoms with Crippen molar-refractivity contribution in [2.45, 2.75) is 71.1 Å². The summed E-state index contributed by atoms with van der Waals surface area (Å²) in [6.07, 6.45) is 9.74. The van der Waals surface area contributed by atoms with E-state index in [0.29, 0.717) is 24.0 Å². The average Bonchev–Trinajstić information content (AvgIpc) is 2.72. The van der Waals surface area contributed by atoms with Crippen molar-refractivity contribution in [2.24, 2.45) is 5.92 Å². The number of aryl methyl sites for hydroxylation is 2. The van der Waals surface area contributed by atoms with Crippen LogP contribution in [0, 0.1) is 24.5 Å². The molecule has 1 aliphatic carbocycles. The first-order valence-corrected chi connectivity index (χ1v) is 10.7. The van der Waals surface area contributed by atoms with Crippen LogP contribution in [-0.2, 0) is 12.8 Å². The van der Waals surface area contributed by atoms with E-state index in [9.17, 15) is 8.78 Å². The van der Waals surface area contributed by atoms with Gasteiger partial charge in [-0.3, -0.25) is 0 Å². The van der Waals surface area contributed by atoms with Gasteiger partial charge in [0.25, 0.3) is 0 Å². The molecule has 0 heterocycles. The van der Waals surface area contributed by atoms with Crippen molar-refractivity contribution in [2.75, 3.05) is 0 Å². The van der Waals surface area contributed by atoms with Gasteiger partial charge in [-0.1, -0.05) is 62.8 Å². The second-order valence-corrected chi connectivity index (χ2v) is 8.34. The topological polar surface area (TPSA) is 0 Å². The molecule has 3 rings (SSSR count). The largest absolute Gasteiger partial charge is 0.203 e. The highest BCUT2D eigenvalue weighted by molar-refractivity contribution is 5.47. The van der Waals surface area contributed by atoms with E-state index in [0.717, 1.165) is 48.3 Å². The molecule has 0 bridgehead atoms. The Hall–Kier alpha value is -1.96. The van der Waals surface area contributed by atoms with E-state index >= 15 is 0 Å². The quantitative estimate of drug-likeness (QED) is 0.459. The van der Waals surface area contributed by atoms with Crippen LogP contribution in [0.4, 0.5) is 8.78 Å². The van der Waals surface area contributed by atoms with Gasteiger partial charge < -0.3 is 0 Å². The van der Waals surface area contributed by atoms with Gasteiger partial charge in [-0.15, -0.1) is 0 Å². The van der Waals surface area contributed by atoms with Gasteiger partial charge >= 0.3 is 0 Å². The zero-order valence-electron chi connectivity index (χ0n) is 17.2. The summed E-state index contributed by atoms with van der Waals surface area (Å²) < 4.78 is 29.8. The zero-order valence-corrected chi connectivity index (χ0v) is 17.2. The molecule has 2 aromatic carbocycles. The van der Waals surface area contributed by atoms with Crippen LogP contribution in [0.1, 0.15) is 79.2 Å². The van der Waals surface area contributed by atoms with Crippen molar-refractivity contribution < 1.29 is 8.78 Å². The van der Waals surface area contributed by atoms with Crippen LogP contribution in [-0.4, -0.2) is 0 Å². The van der Waals surface area contributed by atoms with Gasteiger partial charge in [-0.05, 0) is 85.1 Å². The first-order valence-electron chi connectivity index (χ1n) is 10.7. The Morgan fingerprint density at radius 1 is 1.00 bits per heavy atom. The Labute approximate surface area is 168 Å². The van der Waals surface area contributed by atoms with Crippen molar-refractivity contribution in [3.05, 3.63) is 76.4 Å². The lowest BCUT2D eigenvalue weighted by Crippen LogP contribution is -2.16. The van der Waals surface area contributed by atoms with Crippen LogP contribution in [0.2, 0.25) is 0 Å². The molecule has 2 heteroatoms. The molecule has 2 aromatic rings. The van der Waals surface area contributed by atoms with Crippen LogP contribution in [0.3, 0.4) is 0 Å². The molecule has 150 valence electrons. The third-order valence-electron chi connectivity index (χ3n) is 6.42. The van der Waals surface area contributed by atoms with Gasteiger partial charge in [0, 0.05) is 0 Å². The van der Waals surface area contributed by atoms with Crippen molar-refractivity contribution in [1.82, 2.24) is 0 Å². The highest BCUT2D eigenvalue weighted by Gasteiger charge is 2.26. The molecular formula is C26H32F2. The maximum absolute atomic E-state index is 14.9. The third-order valence-corrected chi connectivity index (χ3v) is 6.42. The lowest BCUT2D eigenvalue weighted by atomic mass is 9.76. The summed E-state index contributed by atoms with van der Waals surface area (Å²) in [5.41, 5.74) is 4.20. The third kappa shape index (κ3) is 4.71. The molecule has 0 nitrogen and oxygen atoms in total. The second kappa shape index (κ2) is 9.49. The predicted octanol–water partition coefficient (Wildman–Crippen LogP) is 7.78. The standard InChI is InChI=1S/C26H32F2/c1-4-6-20-11-14-22(15-12-20)24-17-18(3)23(25(27)26(24)28)16-13-21-9-7-19(5-2)8-10-21/h5,7-10,17,20,22H,2,4,6,11-16H2,1,3H3. The van der Waals surface area contributed by atoms with Crippen LogP contribution in [0.25, 0.3) is 6.08 Å². The molecule has 1 aliphatic rings. The molecule has 0 radical (unpaired) electrons. The zero-order chi connectivity index (χ0) is 20.1. The van der Waals surface area contributed by atoms with E-state index in [2.05, 4.69) is 13.5 Å². The minimum absolute atomic E-state index is 0.168. The maximum atomic E-state index is 14.9. The Balaban J connectivity index is 1.72.